The van der Waals surface area contributed by atoms with Crippen molar-refractivity contribution in [1.82, 2.24) is 20.2 Å². The van der Waals surface area contributed by atoms with Crippen LogP contribution in [-0.4, -0.2) is 43.2 Å². The molecule has 1 atom stereocenters. The zero-order chi connectivity index (χ0) is 16.0. The number of rotatable bonds is 9. The first kappa shape index (κ1) is 18.5. The maximum atomic E-state index is 12.5. The van der Waals surface area contributed by atoms with Crippen molar-refractivity contribution in [3.63, 3.8) is 0 Å². The lowest BCUT2D eigenvalue weighted by atomic mass is 10.2. The minimum Gasteiger partial charge on any atom is -0.309 e. The molecule has 6 nitrogen and oxygen atoms in total. The van der Waals surface area contributed by atoms with E-state index in [0.717, 1.165) is 5.75 Å². The Hall–Kier alpha value is -0.570. The first-order valence-corrected chi connectivity index (χ1v) is 9.91. The van der Waals surface area contributed by atoms with Gasteiger partial charge in [-0.3, -0.25) is 5.10 Å². The highest BCUT2D eigenvalue weighted by Crippen LogP contribution is 2.18. The Morgan fingerprint density at radius 1 is 1.33 bits per heavy atom. The number of H-pyrrole nitrogens is 1. The van der Waals surface area contributed by atoms with E-state index in [-0.39, 0.29) is 10.9 Å². The van der Waals surface area contributed by atoms with E-state index in [0.29, 0.717) is 30.4 Å². The topological polar surface area (TPSA) is 86.9 Å². The van der Waals surface area contributed by atoms with Crippen molar-refractivity contribution in [3.05, 3.63) is 11.4 Å². The molecule has 1 aromatic rings. The molecule has 0 amide bonds. The van der Waals surface area contributed by atoms with Crippen molar-refractivity contribution in [2.24, 2.45) is 5.92 Å². The van der Waals surface area contributed by atoms with E-state index in [1.54, 1.807) is 18.7 Å². The maximum absolute atomic E-state index is 12.5. The van der Waals surface area contributed by atoms with Gasteiger partial charge in [0.25, 0.3) is 0 Å². The highest BCUT2D eigenvalue weighted by molar-refractivity contribution is 7.98. The van der Waals surface area contributed by atoms with E-state index in [9.17, 15) is 8.42 Å². The number of thioether (sulfide) groups is 1. The van der Waals surface area contributed by atoms with E-state index in [2.05, 4.69) is 20.2 Å². The predicted molar refractivity (Wildman–Crippen MR) is 88.0 cm³/mol. The average molecular weight is 335 g/mol. The van der Waals surface area contributed by atoms with E-state index in [1.807, 2.05) is 27.0 Å². The lowest BCUT2D eigenvalue weighted by Gasteiger charge is -2.13. The standard InChI is InChI=1S/C13H26N4O2S2/c1-9(2)14-7-12-13(11(4)16-17-12)21(18,19)15-6-10(3)8-20-5/h9-10,14-15H,6-8H2,1-5H3,(H,16,17). The van der Waals surface area contributed by atoms with E-state index < -0.39 is 10.0 Å². The van der Waals surface area contributed by atoms with Gasteiger partial charge in [-0.25, -0.2) is 13.1 Å². The molecule has 122 valence electrons. The van der Waals surface area contributed by atoms with Crippen LogP contribution < -0.4 is 10.0 Å². The summed E-state index contributed by atoms with van der Waals surface area (Å²) < 4.78 is 27.7. The van der Waals surface area contributed by atoms with Gasteiger partial charge < -0.3 is 5.32 Å². The predicted octanol–water partition coefficient (Wildman–Crippen LogP) is 1.49. The summed E-state index contributed by atoms with van der Waals surface area (Å²) in [6, 6.07) is 0.270. The normalized spacial score (nSPS) is 13.8. The molecule has 0 saturated heterocycles. The second kappa shape index (κ2) is 8.17. The first-order valence-electron chi connectivity index (χ1n) is 7.03. The largest absolute Gasteiger partial charge is 0.309 e. The van der Waals surface area contributed by atoms with Crippen molar-refractivity contribution in [3.8, 4) is 0 Å². The molecule has 1 unspecified atom stereocenters. The molecule has 1 aromatic heterocycles. The molecule has 0 aliphatic carbocycles. The Labute approximate surface area is 131 Å². The molecule has 0 aliphatic rings. The van der Waals surface area contributed by atoms with Gasteiger partial charge in [0, 0.05) is 19.1 Å². The van der Waals surface area contributed by atoms with Crippen LogP contribution in [-0.2, 0) is 16.6 Å². The number of nitrogens with one attached hydrogen (secondary N) is 3. The van der Waals surface area contributed by atoms with Crippen molar-refractivity contribution < 1.29 is 8.42 Å². The molecule has 0 aromatic carbocycles. The van der Waals surface area contributed by atoms with Gasteiger partial charge in [-0.15, -0.1) is 0 Å². The molecule has 3 N–H and O–H groups in total. The molecule has 0 saturated carbocycles. The molecular weight excluding hydrogens is 308 g/mol. The number of aromatic nitrogens is 2. The molecule has 1 heterocycles. The summed E-state index contributed by atoms with van der Waals surface area (Å²) in [5, 5.41) is 10.1. The van der Waals surface area contributed by atoms with Crippen LogP contribution in [0.5, 0.6) is 0 Å². The van der Waals surface area contributed by atoms with Crippen LogP contribution in [0.4, 0.5) is 0 Å². The fourth-order valence-electron chi connectivity index (χ4n) is 1.91. The number of hydrogen-bond donors (Lipinski definition) is 3. The van der Waals surface area contributed by atoms with Crippen LogP contribution in [0.1, 0.15) is 32.2 Å². The lowest BCUT2D eigenvalue weighted by Crippen LogP contribution is -2.31. The second-order valence-corrected chi connectivity index (χ2v) is 8.19. The van der Waals surface area contributed by atoms with Crippen LogP contribution in [0.25, 0.3) is 0 Å². The van der Waals surface area contributed by atoms with Crippen molar-refractivity contribution >= 4 is 21.8 Å². The van der Waals surface area contributed by atoms with Gasteiger partial charge in [0.2, 0.25) is 10.0 Å². The molecule has 0 spiro atoms. The highest BCUT2D eigenvalue weighted by atomic mass is 32.2. The third kappa shape index (κ3) is 5.61. The summed E-state index contributed by atoms with van der Waals surface area (Å²) in [5.74, 6) is 1.22. The molecule has 21 heavy (non-hydrogen) atoms. The average Bonchev–Trinajstić information content (AvgIpc) is 2.76. The third-order valence-corrected chi connectivity index (χ3v) is 5.51. The summed E-state index contributed by atoms with van der Waals surface area (Å²) in [7, 11) is -3.53. The first-order chi connectivity index (χ1) is 9.77. The summed E-state index contributed by atoms with van der Waals surface area (Å²) in [6.45, 7) is 8.64. The van der Waals surface area contributed by atoms with Crippen molar-refractivity contribution in [2.45, 2.75) is 45.2 Å². The van der Waals surface area contributed by atoms with E-state index in [4.69, 9.17) is 0 Å². The molecular formula is C13H26N4O2S2. The molecule has 0 aliphatic heterocycles. The SMILES string of the molecule is CSCC(C)CNS(=O)(=O)c1c(CNC(C)C)n[nH]c1C. The minimum absolute atomic E-state index is 0.270. The van der Waals surface area contributed by atoms with Gasteiger partial charge in [-0.1, -0.05) is 20.8 Å². The van der Waals surface area contributed by atoms with Crippen molar-refractivity contribution in [2.75, 3.05) is 18.6 Å². The van der Waals surface area contributed by atoms with Crippen LogP contribution in [0.3, 0.4) is 0 Å². The lowest BCUT2D eigenvalue weighted by molar-refractivity contribution is 0.553. The monoisotopic (exact) mass is 334 g/mol. The smallest absolute Gasteiger partial charge is 0.244 e. The van der Waals surface area contributed by atoms with Crippen LogP contribution in [0, 0.1) is 12.8 Å². The summed E-state index contributed by atoms with van der Waals surface area (Å²) in [5.41, 5.74) is 1.10. The quantitative estimate of drug-likeness (QED) is 0.637. The highest BCUT2D eigenvalue weighted by Gasteiger charge is 2.24. The molecule has 1 rings (SSSR count). The summed E-state index contributed by atoms with van der Waals surface area (Å²) >= 11 is 1.71. The van der Waals surface area contributed by atoms with Crippen LogP contribution in [0.2, 0.25) is 0 Å². The Bertz CT molecular complexity index is 540. The number of aryl methyl sites for hydroxylation is 1. The zero-order valence-corrected chi connectivity index (χ0v) is 15.0. The van der Waals surface area contributed by atoms with Gasteiger partial charge >= 0.3 is 0 Å². The molecule has 8 heteroatoms. The van der Waals surface area contributed by atoms with Gasteiger partial charge in [-0.05, 0) is 24.9 Å². The van der Waals surface area contributed by atoms with Gasteiger partial charge in [0.1, 0.15) is 4.90 Å². The van der Waals surface area contributed by atoms with Gasteiger partial charge in [-0.2, -0.15) is 16.9 Å². The Balaban J connectivity index is 2.84. The van der Waals surface area contributed by atoms with Crippen molar-refractivity contribution in [1.29, 1.82) is 0 Å². The fraction of sp³-hybridized carbons (Fsp3) is 0.769. The zero-order valence-electron chi connectivity index (χ0n) is 13.4. The van der Waals surface area contributed by atoms with Crippen LogP contribution >= 0.6 is 11.8 Å². The molecule has 0 radical (unpaired) electrons. The number of nitrogens with zero attached hydrogens (tertiary/aromatic N) is 1. The Kier molecular flexibility index (Phi) is 7.19. The van der Waals surface area contributed by atoms with Crippen LogP contribution in [0.15, 0.2) is 4.90 Å². The van der Waals surface area contributed by atoms with E-state index >= 15 is 0 Å². The van der Waals surface area contributed by atoms with Gasteiger partial charge in [0.05, 0.1) is 11.4 Å². The Morgan fingerprint density at radius 2 is 2.00 bits per heavy atom. The number of aromatic amines is 1. The number of sulfonamides is 1. The maximum Gasteiger partial charge on any atom is 0.244 e. The number of hydrogen-bond acceptors (Lipinski definition) is 5. The molecule has 0 fully saturated rings. The molecule has 0 bridgehead atoms. The Morgan fingerprint density at radius 3 is 2.57 bits per heavy atom. The minimum atomic E-state index is -3.53. The summed E-state index contributed by atoms with van der Waals surface area (Å²) in [6.07, 6.45) is 2.01. The van der Waals surface area contributed by atoms with Gasteiger partial charge in [0.15, 0.2) is 0 Å². The third-order valence-electron chi connectivity index (χ3n) is 2.98. The fourth-order valence-corrected chi connectivity index (χ4v) is 4.13. The summed E-state index contributed by atoms with van der Waals surface area (Å²) in [4.78, 5) is 0.270. The second-order valence-electron chi connectivity index (χ2n) is 5.57. The van der Waals surface area contributed by atoms with E-state index in [1.165, 1.54) is 0 Å².